The highest BCUT2D eigenvalue weighted by Crippen LogP contribution is 2.38. The summed E-state index contributed by atoms with van der Waals surface area (Å²) in [6.07, 6.45) is 1.62. The molecule has 0 aliphatic carbocycles. The number of aryl methyl sites for hydroxylation is 3. The topological polar surface area (TPSA) is 74.9 Å². The van der Waals surface area contributed by atoms with Crippen molar-refractivity contribution in [3.05, 3.63) is 88.0 Å². The normalized spacial score (nSPS) is 17.2. The summed E-state index contributed by atoms with van der Waals surface area (Å²) in [5.74, 6) is 1.68. The molecule has 5 rings (SSSR count). The molecule has 2 aliphatic heterocycles. The first-order chi connectivity index (χ1) is 19.9. The Morgan fingerprint density at radius 1 is 1.05 bits per heavy atom. The van der Waals surface area contributed by atoms with Gasteiger partial charge in [-0.1, -0.05) is 53.7 Å². The first-order valence-electron chi connectivity index (χ1n) is 14.3. The van der Waals surface area contributed by atoms with Gasteiger partial charge in [0.25, 0.3) is 0 Å². The van der Waals surface area contributed by atoms with Gasteiger partial charge in [-0.2, -0.15) is 5.26 Å². The number of nitrogens with zero attached hydrogens (tertiary/aromatic N) is 3. The number of ether oxygens (including phenoxy) is 2. The Labute approximate surface area is 247 Å². The zero-order chi connectivity index (χ0) is 28.9. The Morgan fingerprint density at radius 3 is 2.56 bits per heavy atom. The lowest BCUT2D eigenvalue weighted by Gasteiger charge is -2.31. The first-order valence-corrected chi connectivity index (χ1v) is 15.3. The van der Waals surface area contributed by atoms with Gasteiger partial charge in [-0.15, -0.1) is 0 Å². The number of likely N-dealkylation sites (tertiary alicyclic amines) is 1. The van der Waals surface area contributed by atoms with Crippen molar-refractivity contribution in [1.82, 2.24) is 4.90 Å². The summed E-state index contributed by atoms with van der Waals surface area (Å²) in [7, 11) is 0. The Kier molecular flexibility index (Phi) is 8.99. The number of hydrogen-bond donors (Lipinski definition) is 0. The zero-order valence-corrected chi connectivity index (χ0v) is 25.1. The smallest absolute Gasteiger partial charge is 0.309 e. The van der Waals surface area contributed by atoms with E-state index >= 15 is 0 Å². The van der Waals surface area contributed by atoms with Crippen molar-refractivity contribution in [3.8, 4) is 22.9 Å². The van der Waals surface area contributed by atoms with E-state index in [0.29, 0.717) is 18.8 Å². The molecule has 6 nitrogen and oxygen atoms in total. The van der Waals surface area contributed by atoms with E-state index in [9.17, 15) is 10.1 Å². The Bertz CT molecular complexity index is 1500. The third kappa shape index (κ3) is 6.60. The average Bonchev–Trinajstić information content (AvgIpc) is 3.47. The summed E-state index contributed by atoms with van der Waals surface area (Å²) in [6.45, 7) is 10.7. The molecule has 41 heavy (non-hydrogen) atoms. The molecule has 0 spiro atoms. The molecule has 1 fully saturated rings. The lowest BCUT2D eigenvalue weighted by atomic mass is 9.96. The molecule has 0 bridgehead atoms. The summed E-state index contributed by atoms with van der Waals surface area (Å²) in [6, 6.07) is 20.9. The maximum Gasteiger partial charge on any atom is 0.309 e. The maximum absolute atomic E-state index is 12.1. The molecule has 7 heteroatoms. The number of piperidine rings is 1. The van der Waals surface area contributed by atoms with Crippen LogP contribution in [0.5, 0.6) is 5.75 Å². The summed E-state index contributed by atoms with van der Waals surface area (Å²) in [4.78, 5) is 19.6. The fourth-order valence-corrected chi connectivity index (χ4v) is 6.69. The fraction of sp³-hybridized carbons (Fsp3) is 0.382. The largest absolute Gasteiger partial charge is 0.489 e. The predicted octanol–water partition coefficient (Wildman–Crippen LogP) is 7.15. The summed E-state index contributed by atoms with van der Waals surface area (Å²) in [5.41, 5.74) is 8.67. The van der Waals surface area contributed by atoms with Crippen LogP contribution in [0.4, 0.5) is 0 Å². The maximum atomic E-state index is 12.1. The van der Waals surface area contributed by atoms with Crippen LogP contribution in [0.15, 0.2) is 59.6 Å². The van der Waals surface area contributed by atoms with Gasteiger partial charge in [0.15, 0.2) is 5.17 Å². The molecular weight excluding hydrogens is 530 g/mol. The number of rotatable bonds is 7. The van der Waals surface area contributed by atoms with Gasteiger partial charge < -0.3 is 14.4 Å². The molecule has 212 valence electrons. The van der Waals surface area contributed by atoms with E-state index in [1.54, 1.807) is 11.8 Å². The van der Waals surface area contributed by atoms with Crippen molar-refractivity contribution in [2.45, 2.75) is 53.2 Å². The molecular formula is C34H37N3O3S. The van der Waals surface area contributed by atoms with E-state index in [0.717, 1.165) is 70.4 Å². The van der Waals surface area contributed by atoms with Crippen molar-refractivity contribution in [1.29, 1.82) is 5.26 Å². The van der Waals surface area contributed by atoms with E-state index in [4.69, 9.17) is 14.5 Å². The highest BCUT2D eigenvalue weighted by atomic mass is 32.2. The second-order valence-corrected chi connectivity index (χ2v) is 11.9. The molecule has 3 aromatic carbocycles. The lowest BCUT2D eigenvalue weighted by Crippen LogP contribution is -2.39. The Hall–Kier alpha value is -3.76. The number of hydrogen-bond acceptors (Lipinski definition) is 7. The number of nitriles is 1. The quantitative estimate of drug-likeness (QED) is 0.282. The van der Waals surface area contributed by atoms with Crippen LogP contribution >= 0.6 is 11.8 Å². The van der Waals surface area contributed by atoms with Gasteiger partial charge in [-0.25, -0.2) is 0 Å². The fourth-order valence-electron chi connectivity index (χ4n) is 5.56. The molecule has 0 saturated carbocycles. The van der Waals surface area contributed by atoms with Crippen LogP contribution in [0.25, 0.3) is 11.1 Å². The van der Waals surface area contributed by atoms with E-state index < -0.39 is 0 Å². The SMILES string of the molecule is CCOC(=O)C1CCN(C2=NC(c3cc(C)ccc3OCc3ccc(-c4ccc(C#N)cc4C)cc3C)CS2)CC1. The van der Waals surface area contributed by atoms with Crippen LogP contribution in [0.1, 0.15) is 59.2 Å². The minimum atomic E-state index is -0.0677. The Balaban J connectivity index is 1.27. The molecule has 1 unspecified atom stereocenters. The van der Waals surface area contributed by atoms with E-state index in [1.807, 2.05) is 32.0 Å². The number of benzene rings is 3. The van der Waals surface area contributed by atoms with Gasteiger partial charge in [0.2, 0.25) is 0 Å². The van der Waals surface area contributed by atoms with Crippen molar-refractivity contribution >= 4 is 22.9 Å². The summed E-state index contributed by atoms with van der Waals surface area (Å²) < 4.78 is 11.7. The number of carbonyl (C=O) groups is 1. The molecule has 1 atom stereocenters. The molecule has 0 radical (unpaired) electrons. The second-order valence-electron chi connectivity index (χ2n) is 10.9. The van der Waals surface area contributed by atoms with Crippen LogP contribution < -0.4 is 4.74 Å². The van der Waals surface area contributed by atoms with E-state index in [-0.39, 0.29) is 17.9 Å². The first kappa shape index (κ1) is 28.8. The summed E-state index contributed by atoms with van der Waals surface area (Å²) >= 11 is 1.79. The number of carbonyl (C=O) groups excluding carboxylic acids is 1. The van der Waals surface area contributed by atoms with Gasteiger partial charge in [0, 0.05) is 24.4 Å². The number of aliphatic imine (C=N–C) groups is 1. The van der Waals surface area contributed by atoms with Gasteiger partial charge in [-0.3, -0.25) is 9.79 Å². The molecule has 2 aliphatic rings. The Morgan fingerprint density at radius 2 is 1.85 bits per heavy atom. The molecule has 2 heterocycles. The predicted molar refractivity (Wildman–Crippen MR) is 165 cm³/mol. The minimum Gasteiger partial charge on any atom is -0.489 e. The van der Waals surface area contributed by atoms with Crippen LogP contribution in [0.3, 0.4) is 0 Å². The van der Waals surface area contributed by atoms with Gasteiger partial charge in [0.1, 0.15) is 12.4 Å². The van der Waals surface area contributed by atoms with Gasteiger partial charge >= 0.3 is 5.97 Å². The van der Waals surface area contributed by atoms with Crippen molar-refractivity contribution < 1.29 is 14.3 Å². The van der Waals surface area contributed by atoms with Gasteiger partial charge in [-0.05, 0) is 86.6 Å². The molecule has 3 aromatic rings. The van der Waals surface area contributed by atoms with Crippen LogP contribution in [-0.4, -0.2) is 41.5 Å². The van der Waals surface area contributed by atoms with Crippen molar-refractivity contribution in [2.24, 2.45) is 10.9 Å². The van der Waals surface area contributed by atoms with Gasteiger partial charge in [0.05, 0.1) is 30.2 Å². The third-order valence-corrected chi connectivity index (χ3v) is 9.04. The molecule has 0 aromatic heterocycles. The highest BCUT2D eigenvalue weighted by molar-refractivity contribution is 8.14. The second kappa shape index (κ2) is 12.8. The van der Waals surface area contributed by atoms with Crippen LogP contribution in [0.2, 0.25) is 0 Å². The average molecular weight is 568 g/mol. The minimum absolute atomic E-state index is 0.00330. The monoisotopic (exact) mass is 567 g/mol. The van der Waals surface area contributed by atoms with E-state index in [1.165, 1.54) is 11.1 Å². The van der Waals surface area contributed by atoms with Crippen molar-refractivity contribution in [2.75, 3.05) is 25.4 Å². The highest BCUT2D eigenvalue weighted by Gasteiger charge is 2.31. The van der Waals surface area contributed by atoms with E-state index in [2.05, 4.69) is 61.2 Å². The number of amidine groups is 1. The molecule has 0 amide bonds. The number of thioether (sulfide) groups is 1. The summed E-state index contributed by atoms with van der Waals surface area (Å²) in [5, 5.41) is 10.2. The third-order valence-electron chi connectivity index (χ3n) is 7.94. The molecule has 1 saturated heterocycles. The molecule has 0 N–H and O–H groups in total. The zero-order valence-electron chi connectivity index (χ0n) is 24.3. The van der Waals surface area contributed by atoms with Crippen molar-refractivity contribution in [3.63, 3.8) is 0 Å². The van der Waals surface area contributed by atoms with Crippen LogP contribution in [0, 0.1) is 38.0 Å². The lowest BCUT2D eigenvalue weighted by molar-refractivity contribution is -0.149. The van der Waals surface area contributed by atoms with Crippen LogP contribution in [-0.2, 0) is 16.1 Å². The number of esters is 1. The standard InChI is InChI=1S/C34H37N3O3S/c1-5-39-33(38)26-12-14-37(15-13-26)34-36-31(21-41-34)30-16-22(2)6-11-32(30)40-20-28-9-8-27(18-23(28)3)29-10-7-25(19-35)17-24(29)4/h6-11,16-18,26,31H,5,12-15,20-21H2,1-4H3.